The molecule has 0 radical (unpaired) electrons. The summed E-state index contributed by atoms with van der Waals surface area (Å²) in [5, 5.41) is 8.81. The zero-order chi connectivity index (χ0) is 16.1. The van der Waals surface area contributed by atoms with Crippen molar-refractivity contribution < 1.29 is 9.53 Å². The number of anilines is 1. The maximum atomic E-state index is 12.4. The third kappa shape index (κ3) is 3.97. The number of rotatable bonds is 3. The minimum atomic E-state index is 0.194. The molecule has 2 fully saturated rings. The van der Waals surface area contributed by atoms with E-state index >= 15 is 0 Å². The van der Waals surface area contributed by atoms with E-state index in [-0.39, 0.29) is 5.91 Å². The molecule has 2 aliphatic rings. The SMILES string of the molecule is N#Cc1ccc(N2CCN(C(=O)CN3CCOCC3)CC2)nc1. The molecule has 7 nitrogen and oxygen atoms in total. The second-order valence-corrected chi connectivity index (χ2v) is 5.77. The van der Waals surface area contributed by atoms with E-state index in [9.17, 15) is 4.79 Å². The van der Waals surface area contributed by atoms with Gasteiger partial charge >= 0.3 is 0 Å². The van der Waals surface area contributed by atoms with Crippen molar-refractivity contribution in [2.24, 2.45) is 0 Å². The number of hydrogen-bond donors (Lipinski definition) is 0. The number of ether oxygens (including phenoxy) is 1. The lowest BCUT2D eigenvalue weighted by Gasteiger charge is -2.36. The maximum Gasteiger partial charge on any atom is 0.236 e. The van der Waals surface area contributed by atoms with E-state index in [4.69, 9.17) is 10.00 Å². The third-order valence-corrected chi connectivity index (χ3v) is 4.30. The van der Waals surface area contributed by atoms with Gasteiger partial charge in [0, 0.05) is 45.5 Å². The first-order valence-corrected chi connectivity index (χ1v) is 7.95. The average molecular weight is 315 g/mol. The van der Waals surface area contributed by atoms with Gasteiger partial charge in [0.25, 0.3) is 0 Å². The molecule has 0 N–H and O–H groups in total. The van der Waals surface area contributed by atoms with Gasteiger partial charge in [-0.1, -0.05) is 0 Å². The monoisotopic (exact) mass is 315 g/mol. The van der Waals surface area contributed by atoms with Gasteiger partial charge in [-0.25, -0.2) is 4.98 Å². The maximum absolute atomic E-state index is 12.4. The molecule has 0 unspecified atom stereocenters. The van der Waals surface area contributed by atoms with E-state index in [1.54, 1.807) is 12.3 Å². The Kier molecular flexibility index (Phi) is 5.05. The summed E-state index contributed by atoms with van der Waals surface area (Å²) in [6.45, 7) is 6.55. The average Bonchev–Trinajstić information content (AvgIpc) is 2.63. The molecule has 1 aromatic heterocycles. The van der Waals surface area contributed by atoms with Gasteiger partial charge < -0.3 is 14.5 Å². The molecule has 0 aromatic carbocycles. The lowest BCUT2D eigenvalue weighted by Crippen LogP contribution is -2.52. The predicted molar refractivity (Wildman–Crippen MR) is 85.0 cm³/mol. The summed E-state index contributed by atoms with van der Waals surface area (Å²) >= 11 is 0. The van der Waals surface area contributed by atoms with E-state index in [1.807, 2.05) is 11.0 Å². The van der Waals surface area contributed by atoms with Crippen molar-refractivity contribution in [1.82, 2.24) is 14.8 Å². The van der Waals surface area contributed by atoms with Crippen LogP contribution in [0.5, 0.6) is 0 Å². The number of carbonyl (C=O) groups is 1. The molecule has 1 amide bonds. The standard InChI is InChI=1S/C16H21N5O2/c17-11-14-1-2-15(18-12-14)20-3-5-21(6-4-20)16(22)13-19-7-9-23-10-8-19/h1-2,12H,3-10,13H2. The summed E-state index contributed by atoms with van der Waals surface area (Å²) in [6.07, 6.45) is 1.59. The highest BCUT2D eigenvalue weighted by molar-refractivity contribution is 5.78. The molecule has 2 saturated heterocycles. The molecule has 3 heterocycles. The molecule has 2 aliphatic heterocycles. The summed E-state index contributed by atoms with van der Waals surface area (Å²) in [6, 6.07) is 5.71. The van der Waals surface area contributed by atoms with Crippen LogP contribution < -0.4 is 4.90 Å². The minimum absolute atomic E-state index is 0.194. The number of carbonyl (C=O) groups excluding carboxylic acids is 1. The Morgan fingerprint density at radius 3 is 2.52 bits per heavy atom. The summed E-state index contributed by atoms with van der Waals surface area (Å²) in [5.74, 6) is 1.06. The Morgan fingerprint density at radius 2 is 1.91 bits per heavy atom. The number of amides is 1. The first-order chi connectivity index (χ1) is 11.3. The normalized spacial score (nSPS) is 19.4. The number of aromatic nitrogens is 1. The van der Waals surface area contributed by atoms with Crippen LogP contribution >= 0.6 is 0 Å². The molecule has 1 aromatic rings. The molecule has 0 bridgehead atoms. The number of nitrogens with zero attached hydrogens (tertiary/aromatic N) is 5. The summed E-state index contributed by atoms with van der Waals surface area (Å²) in [5.41, 5.74) is 0.563. The fourth-order valence-electron chi connectivity index (χ4n) is 2.87. The van der Waals surface area contributed by atoms with Gasteiger partial charge in [0.05, 0.1) is 25.3 Å². The number of nitriles is 1. The number of pyridine rings is 1. The fraction of sp³-hybridized carbons (Fsp3) is 0.562. The van der Waals surface area contributed by atoms with E-state index < -0.39 is 0 Å². The van der Waals surface area contributed by atoms with Crippen LogP contribution in [-0.2, 0) is 9.53 Å². The third-order valence-electron chi connectivity index (χ3n) is 4.30. The van der Waals surface area contributed by atoms with Crippen molar-refractivity contribution in [3.63, 3.8) is 0 Å². The van der Waals surface area contributed by atoms with Gasteiger partial charge in [0.15, 0.2) is 0 Å². The minimum Gasteiger partial charge on any atom is -0.379 e. The molecule has 3 rings (SSSR count). The van der Waals surface area contributed by atoms with Crippen LogP contribution in [-0.4, -0.2) is 79.7 Å². The van der Waals surface area contributed by atoms with Gasteiger partial charge in [-0.2, -0.15) is 5.26 Å². The van der Waals surface area contributed by atoms with Gasteiger partial charge in [0.1, 0.15) is 11.9 Å². The zero-order valence-corrected chi connectivity index (χ0v) is 13.1. The Labute approximate surface area is 136 Å². The number of piperazine rings is 1. The second-order valence-electron chi connectivity index (χ2n) is 5.77. The van der Waals surface area contributed by atoms with Crippen LogP contribution in [0.1, 0.15) is 5.56 Å². The van der Waals surface area contributed by atoms with Crippen LogP contribution in [0, 0.1) is 11.3 Å². The quantitative estimate of drug-likeness (QED) is 0.778. The van der Waals surface area contributed by atoms with Gasteiger partial charge in [-0.3, -0.25) is 9.69 Å². The Balaban J connectivity index is 1.49. The molecular formula is C16H21N5O2. The Hall–Kier alpha value is -2.17. The van der Waals surface area contributed by atoms with Crippen molar-refractivity contribution in [3.05, 3.63) is 23.9 Å². The van der Waals surface area contributed by atoms with E-state index in [0.717, 1.165) is 32.0 Å². The van der Waals surface area contributed by atoms with Crippen LogP contribution in [0.3, 0.4) is 0 Å². The predicted octanol–water partition coefficient (Wildman–Crippen LogP) is -0.0659. The zero-order valence-electron chi connectivity index (χ0n) is 13.1. The fourth-order valence-corrected chi connectivity index (χ4v) is 2.87. The second kappa shape index (κ2) is 7.40. The Bertz CT molecular complexity index is 569. The molecule has 0 atom stereocenters. The summed E-state index contributed by atoms with van der Waals surface area (Å²) < 4.78 is 5.31. The van der Waals surface area contributed by atoms with Crippen LogP contribution in [0.4, 0.5) is 5.82 Å². The van der Waals surface area contributed by atoms with Crippen molar-refractivity contribution in [1.29, 1.82) is 5.26 Å². The molecular weight excluding hydrogens is 294 g/mol. The van der Waals surface area contributed by atoms with Crippen LogP contribution in [0.25, 0.3) is 0 Å². The van der Waals surface area contributed by atoms with Gasteiger partial charge in [-0.15, -0.1) is 0 Å². The largest absolute Gasteiger partial charge is 0.379 e. The van der Waals surface area contributed by atoms with Crippen molar-refractivity contribution in [2.45, 2.75) is 0 Å². The number of hydrogen-bond acceptors (Lipinski definition) is 6. The highest BCUT2D eigenvalue weighted by Gasteiger charge is 2.24. The van der Waals surface area contributed by atoms with Gasteiger partial charge in [0.2, 0.25) is 5.91 Å². The van der Waals surface area contributed by atoms with Crippen molar-refractivity contribution in [2.75, 3.05) is 63.9 Å². The molecule has 122 valence electrons. The van der Waals surface area contributed by atoms with Crippen molar-refractivity contribution in [3.8, 4) is 6.07 Å². The van der Waals surface area contributed by atoms with E-state index in [1.165, 1.54) is 0 Å². The highest BCUT2D eigenvalue weighted by atomic mass is 16.5. The topological polar surface area (TPSA) is 72.7 Å². The van der Waals surface area contributed by atoms with Gasteiger partial charge in [-0.05, 0) is 12.1 Å². The molecule has 0 saturated carbocycles. The smallest absolute Gasteiger partial charge is 0.236 e. The van der Waals surface area contributed by atoms with Crippen LogP contribution in [0.2, 0.25) is 0 Å². The summed E-state index contributed by atoms with van der Waals surface area (Å²) in [4.78, 5) is 22.9. The Morgan fingerprint density at radius 1 is 1.17 bits per heavy atom. The van der Waals surface area contributed by atoms with E-state index in [0.29, 0.717) is 38.4 Å². The first kappa shape index (κ1) is 15.7. The molecule has 7 heteroatoms. The highest BCUT2D eigenvalue weighted by Crippen LogP contribution is 2.14. The molecule has 0 spiro atoms. The lowest BCUT2D eigenvalue weighted by atomic mass is 10.2. The molecule has 0 aliphatic carbocycles. The lowest BCUT2D eigenvalue weighted by molar-refractivity contribution is -0.133. The number of morpholine rings is 1. The molecule has 23 heavy (non-hydrogen) atoms. The first-order valence-electron chi connectivity index (χ1n) is 7.95. The summed E-state index contributed by atoms with van der Waals surface area (Å²) in [7, 11) is 0. The van der Waals surface area contributed by atoms with E-state index in [2.05, 4.69) is 20.9 Å². The van der Waals surface area contributed by atoms with Crippen LogP contribution in [0.15, 0.2) is 18.3 Å². The van der Waals surface area contributed by atoms with Crippen molar-refractivity contribution >= 4 is 11.7 Å².